The van der Waals surface area contributed by atoms with Crippen molar-refractivity contribution in [1.82, 2.24) is 0 Å². The van der Waals surface area contributed by atoms with Gasteiger partial charge in [0.05, 0.1) is 34.4 Å². The maximum atomic E-state index is 13.5. The summed E-state index contributed by atoms with van der Waals surface area (Å²) in [4.78, 5) is 30.8. The van der Waals surface area contributed by atoms with E-state index in [1.54, 1.807) is 42.5 Å². The molecule has 0 aromatic heterocycles. The van der Waals surface area contributed by atoms with Crippen molar-refractivity contribution in [2.45, 2.75) is 13.8 Å². The van der Waals surface area contributed by atoms with Gasteiger partial charge in [-0.15, -0.1) is 0 Å². The topological polar surface area (TPSA) is 94.3 Å². The van der Waals surface area contributed by atoms with Crippen molar-refractivity contribution in [1.29, 1.82) is 0 Å². The lowest BCUT2D eigenvalue weighted by molar-refractivity contribution is -0.384. The third kappa shape index (κ3) is 5.70. The fourth-order valence-electron chi connectivity index (χ4n) is 3.41. The zero-order valence-corrected chi connectivity index (χ0v) is 20.0. The molecule has 1 aliphatic heterocycles. The monoisotopic (exact) mass is 489 g/mol. The zero-order valence-electron chi connectivity index (χ0n) is 19.2. The van der Waals surface area contributed by atoms with E-state index < -0.39 is 4.92 Å². The van der Waals surface area contributed by atoms with Crippen LogP contribution in [0.25, 0.3) is 6.08 Å². The number of anilines is 1. The van der Waals surface area contributed by atoms with Gasteiger partial charge >= 0.3 is 0 Å². The first-order valence-corrected chi connectivity index (χ1v) is 11.8. The van der Waals surface area contributed by atoms with Gasteiger partial charge in [0.1, 0.15) is 11.5 Å². The number of hydrogen-bond donors (Lipinski definition) is 0. The van der Waals surface area contributed by atoms with Gasteiger partial charge in [-0.2, -0.15) is 0 Å². The molecule has 0 aliphatic carbocycles. The van der Waals surface area contributed by atoms with Crippen LogP contribution < -0.4 is 14.4 Å². The average molecular weight is 490 g/mol. The van der Waals surface area contributed by atoms with Crippen molar-refractivity contribution in [3.8, 4) is 11.5 Å². The third-order valence-corrected chi connectivity index (χ3v) is 5.93. The molecule has 1 heterocycles. The molecule has 1 fully saturated rings. The molecule has 1 aliphatic rings. The van der Waals surface area contributed by atoms with E-state index in [9.17, 15) is 14.9 Å². The standard InChI is InChI=1S/C26H23N3O5S/c1-3-33-22-12-8-19(9-13-22)27-26-28(20-10-14-23(15-11-20)34-4-2)25(30)24(35-26)17-18-6-5-7-21(16-18)29(31)32/h5-17H,3-4H2,1-2H3/b24-17+,27-26?. The van der Waals surface area contributed by atoms with Crippen LogP contribution in [0.1, 0.15) is 19.4 Å². The summed E-state index contributed by atoms with van der Waals surface area (Å²) in [5.41, 5.74) is 1.82. The minimum atomic E-state index is -0.462. The molecule has 35 heavy (non-hydrogen) atoms. The van der Waals surface area contributed by atoms with E-state index in [4.69, 9.17) is 14.5 Å². The Balaban J connectivity index is 1.72. The largest absolute Gasteiger partial charge is 0.494 e. The normalized spacial score (nSPS) is 15.6. The molecule has 3 aromatic rings. The number of rotatable bonds is 8. The van der Waals surface area contributed by atoms with Gasteiger partial charge in [0.15, 0.2) is 5.17 Å². The number of nitrogens with zero attached hydrogens (tertiary/aromatic N) is 3. The molecular weight excluding hydrogens is 466 g/mol. The number of nitro groups is 1. The predicted molar refractivity (Wildman–Crippen MR) is 138 cm³/mol. The third-order valence-electron chi connectivity index (χ3n) is 4.96. The highest BCUT2D eigenvalue weighted by atomic mass is 32.2. The van der Waals surface area contributed by atoms with Gasteiger partial charge in [0.2, 0.25) is 0 Å². The fourth-order valence-corrected chi connectivity index (χ4v) is 4.41. The highest BCUT2D eigenvalue weighted by Crippen LogP contribution is 2.38. The van der Waals surface area contributed by atoms with Gasteiger partial charge in [-0.05, 0) is 85.8 Å². The Morgan fingerprint density at radius 1 is 0.971 bits per heavy atom. The first kappa shape index (κ1) is 24.0. The first-order valence-electron chi connectivity index (χ1n) is 11.0. The number of amidine groups is 1. The molecule has 9 heteroatoms. The second kappa shape index (κ2) is 10.9. The summed E-state index contributed by atoms with van der Waals surface area (Å²) in [6, 6.07) is 20.6. The summed E-state index contributed by atoms with van der Waals surface area (Å²) in [7, 11) is 0. The molecule has 0 N–H and O–H groups in total. The minimum absolute atomic E-state index is 0.0403. The Labute approximate surface area is 207 Å². The molecule has 8 nitrogen and oxygen atoms in total. The quantitative estimate of drug-likeness (QED) is 0.212. The van der Waals surface area contributed by atoms with Gasteiger partial charge in [-0.25, -0.2) is 4.99 Å². The van der Waals surface area contributed by atoms with E-state index in [2.05, 4.69) is 0 Å². The van der Waals surface area contributed by atoms with E-state index in [-0.39, 0.29) is 11.6 Å². The van der Waals surface area contributed by atoms with Crippen LogP contribution in [0, 0.1) is 10.1 Å². The average Bonchev–Trinajstić information content (AvgIpc) is 3.15. The van der Waals surface area contributed by atoms with Gasteiger partial charge in [0.25, 0.3) is 11.6 Å². The van der Waals surface area contributed by atoms with Crippen molar-refractivity contribution < 1.29 is 19.2 Å². The smallest absolute Gasteiger partial charge is 0.271 e. The molecule has 0 atom stereocenters. The lowest BCUT2D eigenvalue weighted by Crippen LogP contribution is -2.28. The van der Waals surface area contributed by atoms with Crippen LogP contribution in [-0.2, 0) is 4.79 Å². The van der Waals surface area contributed by atoms with Gasteiger partial charge in [0, 0.05) is 12.1 Å². The molecule has 0 radical (unpaired) electrons. The second-order valence-corrected chi connectivity index (χ2v) is 8.36. The van der Waals surface area contributed by atoms with Crippen LogP contribution >= 0.6 is 11.8 Å². The van der Waals surface area contributed by atoms with Crippen LogP contribution in [-0.4, -0.2) is 29.2 Å². The number of aliphatic imine (C=N–C) groups is 1. The van der Waals surface area contributed by atoms with E-state index >= 15 is 0 Å². The van der Waals surface area contributed by atoms with Crippen molar-refractivity contribution in [2.24, 2.45) is 4.99 Å². The van der Waals surface area contributed by atoms with Gasteiger partial charge in [-0.3, -0.25) is 19.8 Å². The number of thioether (sulfide) groups is 1. The van der Waals surface area contributed by atoms with Crippen molar-refractivity contribution in [3.63, 3.8) is 0 Å². The number of carbonyl (C=O) groups excluding carboxylic acids is 1. The van der Waals surface area contributed by atoms with E-state index in [1.165, 1.54) is 28.8 Å². The number of nitro benzene ring substituents is 1. The maximum absolute atomic E-state index is 13.5. The molecule has 0 bridgehead atoms. The van der Waals surface area contributed by atoms with Crippen LogP contribution in [0.15, 0.2) is 82.7 Å². The summed E-state index contributed by atoms with van der Waals surface area (Å²) in [6.07, 6.45) is 1.64. The lowest BCUT2D eigenvalue weighted by Gasteiger charge is -2.16. The Hall–Kier alpha value is -4.11. The highest BCUT2D eigenvalue weighted by molar-refractivity contribution is 8.19. The zero-order chi connectivity index (χ0) is 24.8. The molecule has 0 spiro atoms. The molecule has 3 aromatic carbocycles. The highest BCUT2D eigenvalue weighted by Gasteiger charge is 2.35. The van der Waals surface area contributed by atoms with Crippen LogP contribution in [0.2, 0.25) is 0 Å². The summed E-state index contributed by atoms with van der Waals surface area (Å²) in [5, 5.41) is 11.6. The molecule has 0 saturated carbocycles. The number of amides is 1. The van der Waals surface area contributed by atoms with E-state index in [1.807, 2.05) is 38.1 Å². The summed E-state index contributed by atoms with van der Waals surface area (Å²) < 4.78 is 11.0. The molecule has 178 valence electrons. The van der Waals surface area contributed by atoms with Gasteiger partial charge < -0.3 is 9.47 Å². The predicted octanol–water partition coefficient (Wildman–Crippen LogP) is 6.20. The van der Waals surface area contributed by atoms with Gasteiger partial charge in [-0.1, -0.05) is 12.1 Å². The second-order valence-electron chi connectivity index (χ2n) is 7.35. The van der Waals surface area contributed by atoms with Crippen molar-refractivity contribution >= 4 is 46.0 Å². The molecule has 1 saturated heterocycles. The number of benzene rings is 3. The summed E-state index contributed by atoms with van der Waals surface area (Å²) >= 11 is 1.21. The molecular formula is C26H23N3O5S. The van der Waals surface area contributed by atoms with Crippen LogP contribution in [0.3, 0.4) is 0 Å². The number of carbonyl (C=O) groups is 1. The SMILES string of the molecule is CCOc1ccc(N=C2S/C(=C/c3cccc([N+](=O)[O-])c3)C(=O)N2c2ccc(OCC)cc2)cc1. The first-order chi connectivity index (χ1) is 17.0. The maximum Gasteiger partial charge on any atom is 0.271 e. The summed E-state index contributed by atoms with van der Waals surface area (Å²) in [5.74, 6) is 1.17. The summed E-state index contributed by atoms with van der Waals surface area (Å²) in [6.45, 7) is 4.92. The van der Waals surface area contributed by atoms with Crippen LogP contribution in [0.5, 0.6) is 11.5 Å². The molecule has 4 rings (SSSR count). The Morgan fingerprint density at radius 3 is 2.20 bits per heavy atom. The van der Waals surface area contributed by atoms with Crippen molar-refractivity contribution in [2.75, 3.05) is 18.1 Å². The van der Waals surface area contributed by atoms with Crippen molar-refractivity contribution in [3.05, 3.63) is 93.4 Å². The Kier molecular flexibility index (Phi) is 7.47. The van der Waals surface area contributed by atoms with E-state index in [0.717, 1.165) is 5.75 Å². The fraction of sp³-hybridized carbons (Fsp3) is 0.154. The Bertz CT molecular complexity index is 1290. The van der Waals surface area contributed by atoms with Crippen LogP contribution in [0.4, 0.5) is 17.1 Å². The van der Waals surface area contributed by atoms with E-state index in [0.29, 0.717) is 46.0 Å². The molecule has 0 unspecified atom stereocenters. The number of non-ortho nitro benzene ring substituents is 1. The number of ether oxygens (including phenoxy) is 2. The minimum Gasteiger partial charge on any atom is -0.494 e. The lowest BCUT2D eigenvalue weighted by atomic mass is 10.2. The molecule has 1 amide bonds. The Morgan fingerprint density at radius 2 is 1.60 bits per heavy atom. The number of hydrogen-bond acceptors (Lipinski definition) is 7.